The zero-order chi connectivity index (χ0) is 14.4. The normalized spacial score (nSPS) is 10.2. The van der Waals surface area contributed by atoms with E-state index in [1.807, 2.05) is 6.07 Å². The van der Waals surface area contributed by atoms with Crippen LogP contribution in [0.3, 0.4) is 0 Å². The highest BCUT2D eigenvalue weighted by Crippen LogP contribution is 2.28. The van der Waals surface area contributed by atoms with E-state index in [0.717, 1.165) is 11.3 Å². The number of aromatic nitrogens is 1. The molecule has 1 N–H and O–H groups in total. The number of nitrogens with one attached hydrogen (secondary N) is 1. The Balaban J connectivity index is 2.16. The fourth-order valence-electron chi connectivity index (χ4n) is 1.78. The lowest BCUT2D eigenvalue weighted by molar-refractivity contribution is -0.386. The van der Waals surface area contributed by atoms with Crippen molar-refractivity contribution in [2.24, 2.45) is 0 Å². The molecule has 104 valence electrons. The van der Waals surface area contributed by atoms with Crippen LogP contribution in [-0.2, 0) is 13.2 Å². The predicted octanol–water partition coefficient (Wildman–Crippen LogP) is 2.29. The van der Waals surface area contributed by atoms with Crippen LogP contribution in [0.4, 0.5) is 5.69 Å². The van der Waals surface area contributed by atoms with Gasteiger partial charge in [-0.2, -0.15) is 0 Å². The van der Waals surface area contributed by atoms with Crippen LogP contribution in [0.2, 0.25) is 0 Å². The van der Waals surface area contributed by atoms with Crippen LogP contribution in [0.1, 0.15) is 11.3 Å². The standard InChI is InChI=1S/C14H15N3O3/c1-15-9-11-5-6-14(13(8-11)17(18)19)20-10-12-4-2-3-7-16-12/h2-8,15H,9-10H2,1H3. The first-order chi connectivity index (χ1) is 9.70. The highest BCUT2D eigenvalue weighted by Gasteiger charge is 2.16. The summed E-state index contributed by atoms with van der Waals surface area (Å²) in [4.78, 5) is 14.8. The smallest absolute Gasteiger partial charge is 0.311 e. The third-order valence-corrected chi connectivity index (χ3v) is 2.70. The Morgan fingerprint density at radius 2 is 2.20 bits per heavy atom. The van der Waals surface area contributed by atoms with Crippen molar-refractivity contribution < 1.29 is 9.66 Å². The summed E-state index contributed by atoms with van der Waals surface area (Å²) in [6.45, 7) is 0.772. The molecule has 0 saturated carbocycles. The van der Waals surface area contributed by atoms with E-state index < -0.39 is 4.92 Å². The summed E-state index contributed by atoms with van der Waals surface area (Å²) in [7, 11) is 1.79. The SMILES string of the molecule is CNCc1ccc(OCc2ccccn2)c([N+](=O)[O-])c1. The molecule has 2 rings (SSSR count). The van der Waals surface area contributed by atoms with Crippen LogP contribution < -0.4 is 10.1 Å². The predicted molar refractivity (Wildman–Crippen MR) is 74.4 cm³/mol. The molecule has 0 aliphatic carbocycles. The molecule has 1 heterocycles. The first kappa shape index (κ1) is 14.0. The molecule has 0 unspecified atom stereocenters. The summed E-state index contributed by atoms with van der Waals surface area (Å²) >= 11 is 0. The second-order valence-electron chi connectivity index (χ2n) is 4.20. The molecular formula is C14H15N3O3. The number of pyridine rings is 1. The number of hydrogen-bond acceptors (Lipinski definition) is 5. The van der Waals surface area contributed by atoms with Crippen molar-refractivity contribution in [1.29, 1.82) is 0 Å². The Morgan fingerprint density at radius 1 is 1.35 bits per heavy atom. The minimum Gasteiger partial charge on any atom is -0.480 e. The van der Waals surface area contributed by atoms with Gasteiger partial charge < -0.3 is 10.1 Å². The number of benzene rings is 1. The largest absolute Gasteiger partial charge is 0.480 e. The number of nitro groups is 1. The summed E-state index contributed by atoms with van der Waals surface area (Å²) < 4.78 is 5.49. The number of nitro benzene ring substituents is 1. The lowest BCUT2D eigenvalue weighted by atomic mass is 10.2. The Hall–Kier alpha value is -2.47. The van der Waals surface area contributed by atoms with E-state index >= 15 is 0 Å². The van der Waals surface area contributed by atoms with E-state index in [0.29, 0.717) is 6.54 Å². The second-order valence-corrected chi connectivity index (χ2v) is 4.20. The quantitative estimate of drug-likeness (QED) is 0.645. The Labute approximate surface area is 116 Å². The van der Waals surface area contributed by atoms with Crippen LogP contribution in [0.15, 0.2) is 42.6 Å². The molecule has 6 heteroatoms. The Bertz CT molecular complexity index is 587. The van der Waals surface area contributed by atoms with Crippen molar-refractivity contribution in [3.05, 3.63) is 64.0 Å². The van der Waals surface area contributed by atoms with Crippen molar-refractivity contribution in [2.75, 3.05) is 7.05 Å². The summed E-state index contributed by atoms with van der Waals surface area (Å²) in [5.41, 5.74) is 1.53. The van der Waals surface area contributed by atoms with Crippen molar-refractivity contribution >= 4 is 5.69 Å². The second kappa shape index (κ2) is 6.63. The number of ether oxygens (including phenoxy) is 1. The molecule has 0 atom stereocenters. The van der Waals surface area contributed by atoms with Gasteiger partial charge in [0.1, 0.15) is 6.61 Å². The van der Waals surface area contributed by atoms with E-state index in [1.165, 1.54) is 6.07 Å². The Kier molecular flexibility index (Phi) is 4.62. The first-order valence-corrected chi connectivity index (χ1v) is 6.15. The summed E-state index contributed by atoms with van der Waals surface area (Å²) in [5, 5.41) is 14.0. The lowest BCUT2D eigenvalue weighted by Crippen LogP contribution is -2.06. The molecule has 0 saturated heterocycles. The molecule has 1 aromatic heterocycles. The monoisotopic (exact) mass is 273 g/mol. The van der Waals surface area contributed by atoms with Crippen LogP contribution in [0.5, 0.6) is 5.75 Å². The van der Waals surface area contributed by atoms with Gasteiger partial charge in [-0.15, -0.1) is 0 Å². The maximum absolute atomic E-state index is 11.1. The molecule has 0 bridgehead atoms. The van der Waals surface area contributed by atoms with Crippen LogP contribution >= 0.6 is 0 Å². The van der Waals surface area contributed by atoms with Crippen molar-refractivity contribution in [2.45, 2.75) is 13.2 Å². The average molecular weight is 273 g/mol. The van der Waals surface area contributed by atoms with Crippen molar-refractivity contribution in [3.63, 3.8) is 0 Å². The van der Waals surface area contributed by atoms with Crippen LogP contribution in [0.25, 0.3) is 0 Å². The first-order valence-electron chi connectivity index (χ1n) is 6.15. The van der Waals surface area contributed by atoms with E-state index in [4.69, 9.17) is 4.74 Å². The summed E-state index contributed by atoms with van der Waals surface area (Å²) in [5.74, 6) is 0.250. The zero-order valence-electron chi connectivity index (χ0n) is 11.1. The minimum absolute atomic E-state index is 0.0336. The topological polar surface area (TPSA) is 77.3 Å². The third-order valence-electron chi connectivity index (χ3n) is 2.70. The fraction of sp³-hybridized carbons (Fsp3) is 0.214. The molecule has 0 spiro atoms. The van der Waals surface area contributed by atoms with E-state index in [-0.39, 0.29) is 18.0 Å². The molecule has 0 radical (unpaired) electrons. The molecule has 0 aliphatic heterocycles. The van der Waals surface area contributed by atoms with E-state index in [2.05, 4.69) is 10.3 Å². The third kappa shape index (κ3) is 3.52. The highest BCUT2D eigenvalue weighted by atomic mass is 16.6. The molecule has 20 heavy (non-hydrogen) atoms. The lowest BCUT2D eigenvalue weighted by Gasteiger charge is -2.08. The maximum atomic E-state index is 11.1. The Morgan fingerprint density at radius 3 is 2.85 bits per heavy atom. The number of hydrogen-bond donors (Lipinski definition) is 1. The maximum Gasteiger partial charge on any atom is 0.311 e. The average Bonchev–Trinajstić information content (AvgIpc) is 2.47. The summed E-state index contributed by atoms with van der Waals surface area (Å²) in [6.07, 6.45) is 1.66. The van der Waals surface area contributed by atoms with E-state index in [9.17, 15) is 10.1 Å². The fourth-order valence-corrected chi connectivity index (χ4v) is 1.78. The van der Waals surface area contributed by atoms with Gasteiger partial charge in [-0.1, -0.05) is 12.1 Å². The molecule has 2 aromatic rings. The molecular weight excluding hydrogens is 258 g/mol. The van der Waals surface area contributed by atoms with Gasteiger partial charge in [-0.25, -0.2) is 0 Å². The van der Waals surface area contributed by atoms with Gasteiger partial charge in [-0.05, 0) is 30.8 Å². The minimum atomic E-state index is -0.438. The van der Waals surface area contributed by atoms with Gasteiger partial charge >= 0.3 is 5.69 Å². The van der Waals surface area contributed by atoms with Crippen molar-refractivity contribution in [1.82, 2.24) is 10.3 Å². The molecule has 6 nitrogen and oxygen atoms in total. The van der Waals surface area contributed by atoms with Gasteiger partial charge in [0.15, 0.2) is 5.75 Å². The summed E-state index contributed by atoms with van der Waals surface area (Å²) in [6, 6.07) is 10.4. The highest BCUT2D eigenvalue weighted by molar-refractivity contribution is 5.48. The number of nitrogens with zero attached hydrogens (tertiary/aromatic N) is 2. The molecule has 0 aliphatic rings. The van der Waals surface area contributed by atoms with Gasteiger partial charge in [0, 0.05) is 18.8 Å². The number of rotatable bonds is 6. The van der Waals surface area contributed by atoms with Gasteiger partial charge in [-0.3, -0.25) is 15.1 Å². The van der Waals surface area contributed by atoms with Crippen molar-refractivity contribution in [3.8, 4) is 5.75 Å². The zero-order valence-corrected chi connectivity index (χ0v) is 11.1. The van der Waals surface area contributed by atoms with Crippen LogP contribution in [0, 0.1) is 10.1 Å². The van der Waals surface area contributed by atoms with Gasteiger partial charge in [0.25, 0.3) is 0 Å². The van der Waals surface area contributed by atoms with Crippen LogP contribution in [-0.4, -0.2) is 17.0 Å². The molecule has 0 amide bonds. The molecule has 0 fully saturated rings. The molecule has 1 aromatic carbocycles. The van der Waals surface area contributed by atoms with E-state index in [1.54, 1.807) is 37.5 Å². The van der Waals surface area contributed by atoms with Gasteiger partial charge in [0.05, 0.1) is 10.6 Å². The van der Waals surface area contributed by atoms with Gasteiger partial charge in [0.2, 0.25) is 0 Å².